The van der Waals surface area contributed by atoms with Crippen molar-refractivity contribution in [3.63, 3.8) is 0 Å². The summed E-state index contributed by atoms with van der Waals surface area (Å²) < 4.78 is 37.0. The second kappa shape index (κ2) is 4.65. The van der Waals surface area contributed by atoms with E-state index in [0.717, 1.165) is 25.1 Å². The molecule has 1 aromatic rings. The number of hydrogen-bond donors (Lipinski definition) is 1. The van der Waals surface area contributed by atoms with Gasteiger partial charge in [0.15, 0.2) is 17.4 Å². The molecule has 1 N–H and O–H groups in total. The molecule has 0 radical (unpaired) electrons. The lowest BCUT2D eigenvalue weighted by Gasteiger charge is -2.14. The first-order valence-electron chi connectivity index (χ1n) is 5.11. The maximum absolute atomic E-state index is 13.5. The molecule has 0 spiro atoms. The Balaban J connectivity index is 2.19. The van der Waals surface area contributed by atoms with Crippen LogP contribution >= 0.6 is 0 Å². The zero-order chi connectivity index (χ0) is 11.5. The molecule has 0 aliphatic carbocycles. The van der Waals surface area contributed by atoms with Gasteiger partial charge in [-0.1, -0.05) is 0 Å². The molecule has 1 saturated heterocycles. The van der Waals surface area contributed by atoms with Gasteiger partial charge >= 0.3 is 0 Å². The average Bonchev–Trinajstić information content (AvgIpc) is 2.75. The normalized spacial score (nSPS) is 19.8. The summed E-state index contributed by atoms with van der Waals surface area (Å²) in [6.07, 6.45) is 0.586. The van der Waals surface area contributed by atoms with E-state index in [-0.39, 0.29) is 17.6 Å². The fourth-order valence-corrected chi connectivity index (χ4v) is 1.66. The first-order valence-corrected chi connectivity index (χ1v) is 5.11. The highest BCUT2D eigenvalue weighted by molar-refractivity contribution is 5.35. The predicted octanol–water partition coefficient (Wildman–Crippen LogP) is 1.71. The first kappa shape index (κ1) is 11.1. The third kappa shape index (κ3) is 2.24. The van der Waals surface area contributed by atoms with Crippen molar-refractivity contribution in [3.8, 4) is 11.5 Å². The van der Waals surface area contributed by atoms with Gasteiger partial charge in [-0.15, -0.1) is 0 Å². The Kier molecular flexibility index (Phi) is 3.24. The van der Waals surface area contributed by atoms with Crippen LogP contribution in [0.3, 0.4) is 0 Å². The second-order valence-electron chi connectivity index (χ2n) is 3.65. The number of ether oxygens (including phenoxy) is 2. The van der Waals surface area contributed by atoms with Crippen LogP contribution in [0.2, 0.25) is 0 Å². The van der Waals surface area contributed by atoms with Gasteiger partial charge in [-0.2, -0.15) is 0 Å². The van der Waals surface area contributed by atoms with Gasteiger partial charge in [0, 0.05) is 18.7 Å². The molecule has 1 aliphatic rings. The third-order valence-corrected chi connectivity index (χ3v) is 2.51. The minimum absolute atomic E-state index is 0.145. The molecule has 1 fully saturated rings. The van der Waals surface area contributed by atoms with Crippen LogP contribution in [0.25, 0.3) is 0 Å². The van der Waals surface area contributed by atoms with Crippen LogP contribution in [-0.2, 0) is 0 Å². The van der Waals surface area contributed by atoms with E-state index in [1.165, 1.54) is 7.11 Å². The van der Waals surface area contributed by atoms with Crippen LogP contribution in [-0.4, -0.2) is 26.3 Å². The zero-order valence-electron chi connectivity index (χ0n) is 8.93. The van der Waals surface area contributed by atoms with E-state index < -0.39 is 11.6 Å². The number of halogens is 2. The summed E-state index contributed by atoms with van der Waals surface area (Å²) in [4.78, 5) is 0. The molecule has 3 nitrogen and oxygen atoms in total. The highest BCUT2D eigenvalue weighted by Crippen LogP contribution is 2.28. The smallest absolute Gasteiger partial charge is 0.191 e. The van der Waals surface area contributed by atoms with E-state index in [1.54, 1.807) is 0 Å². The van der Waals surface area contributed by atoms with E-state index in [0.29, 0.717) is 6.54 Å². The van der Waals surface area contributed by atoms with Crippen LogP contribution < -0.4 is 14.8 Å². The Labute approximate surface area is 92.4 Å². The van der Waals surface area contributed by atoms with Crippen molar-refractivity contribution < 1.29 is 18.3 Å². The SMILES string of the molecule is COc1cc(F)c(OC2CCNC2)c(F)c1. The number of hydrogen-bond acceptors (Lipinski definition) is 3. The highest BCUT2D eigenvalue weighted by atomic mass is 19.1. The molecule has 1 aliphatic heterocycles. The largest absolute Gasteiger partial charge is 0.497 e. The Morgan fingerprint density at radius 2 is 2.00 bits per heavy atom. The van der Waals surface area contributed by atoms with Gasteiger partial charge in [0.1, 0.15) is 11.9 Å². The van der Waals surface area contributed by atoms with Gasteiger partial charge in [-0.05, 0) is 13.0 Å². The summed E-state index contributed by atoms with van der Waals surface area (Å²) >= 11 is 0. The lowest BCUT2D eigenvalue weighted by Crippen LogP contribution is -2.20. The molecule has 1 atom stereocenters. The monoisotopic (exact) mass is 229 g/mol. The van der Waals surface area contributed by atoms with E-state index in [9.17, 15) is 8.78 Å². The summed E-state index contributed by atoms with van der Waals surface area (Å²) in [5.41, 5.74) is 0. The van der Waals surface area contributed by atoms with E-state index >= 15 is 0 Å². The number of rotatable bonds is 3. The van der Waals surface area contributed by atoms with E-state index in [1.807, 2.05) is 0 Å². The molecule has 2 rings (SSSR count). The van der Waals surface area contributed by atoms with Gasteiger partial charge in [0.25, 0.3) is 0 Å². The third-order valence-electron chi connectivity index (χ3n) is 2.51. The zero-order valence-corrected chi connectivity index (χ0v) is 8.93. The fourth-order valence-electron chi connectivity index (χ4n) is 1.66. The van der Waals surface area contributed by atoms with Gasteiger partial charge in [-0.25, -0.2) is 8.78 Å². The lowest BCUT2D eigenvalue weighted by atomic mass is 10.2. The molecule has 16 heavy (non-hydrogen) atoms. The maximum atomic E-state index is 13.5. The summed E-state index contributed by atoms with van der Waals surface area (Å²) in [6.45, 7) is 1.43. The molecule has 88 valence electrons. The number of nitrogens with one attached hydrogen (secondary N) is 1. The Morgan fingerprint density at radius 1 is 1.31 bits per heavy atom. The van der Waals surface area contributed by atoms with Crippen LogP contribution in [0, 0.1) is 11.6 Å². The van der Waals surface area contributed by atoms with Crippen LogP contribution in [0.4, 0.5) is 8.78 Å². The summed E-state index contributed by atoms with van der Waals surface area (Å²) in [5, 5.41) is 3.06. The van der Waals surface area contributed by atoms with Crippen LogP contribution in [0.1, 0.15) is 6.42 Å². The molecule has 0 amide bonds. The van der Waals surface area contributed by atoms with Gasteiger partial charge < -0.3 is 14.8 Å². The fraction of sp³-hybridized carbons (Fsp3) is 0.455. The van der Waals surface area contributed by atoms with Crippen molar-refractivity contribution in [1.29, 1.82) is 0 Å². The van der Waals surface area contributed by atoms with Crippen molar-refractivity contribution in [2.24, 2.45) is 0 Å². The molecule has 0 aromatic heterocycles. The number of methoxy groups -OCH3 is 1. The molecular formula is C11H13F2NO2. The standard InChI is InChI=1S/C11H13F2NO2/c1-15-8-4-9(12)11(10(13)5-8)16-7-2-3-14-6-7/h4-5,7,14H,2-3,6H2,1H3. The topological polar surface area (TPSA) is 30.5 Å². The molecule has 1 aromatic carbocycles. The van der Waals surface area contributed by atoms with Crippen LogP contribution in [0.5, 0.6) is 11.5 Å². The summed E-state index contributed by atoms with van der Waals surface area (Å²) in [5.74, 6) is -1.64. The van der Waals surface area contributed by atoms with Gasteiger partial charge in [0.05, 0.1) is 7.11 Å². The van der Waals surface area contributed by atoms with Crippen molar-refractivity contribution in [3.05, 3.63) is 23.8 Å². The van der Waals surface area contributed by atoms with Crippen molar-refractivity contribution >= 4 is 0 Å². The molecule has 0 saturated carbocycles. The Bertz CT molecular complexity index is 355. The molecule has 1 heterocycles. The van der Waals surface area contributed by atoms with Crippen molar-refractivity contribution in [2.45, 2.75) is 12.5 Å². The second-order valence-corrected chi connectivity index (χ2v) is 3.65. The highest BCUT2D eigenvalue weighted by Gasteiger charge is 2.21. The van der Waals surface area contributed by atoms with Crippen molar-refractivity contribution in [1.82, 2.24) is 5.32 Å². The molecule has 0 bridgehead atoms. The minimum atomic E-state index is -0.733. The summed E-state index contributed by atoms with van der Waals surface area (Å²) in [7, 11) is 1.36. The maximum Gasteiger partial charge on any atom is 0.191 e. The van der Waals surface area contributed by atoms with Gasteiger partial charge in [-0.3, -0.25) is 0 Å². The predicted molar refractivity (Wildman–Crippen MR) is 54.8 cm³/mol. The van der Waals surface area contributed by atoms with E-state index in [4.69, 9.17) is 9.47 Å². The Hall–Kier alpha value is -1.36. The minimum Gasteiger partial charge on any atom is -0.497 e. The molecular weight excluding hydrogens is 216 g/mol. The lowest BCUT2D eigenvalue weighted by molar-refractivity contribution is 0.202. The van der Waals surface area contributed by atoms with Crippen molar-refractivity contribution in [2.75, 3.05) is 20.2 Å². The summed E-state index contributed by atoms with van der Waals surface area (Å²) in [6, 6.07) is 2.22. The van der Waals surface area contributed by atoms with Gasteiger partial charge in [0.2, 0.25) is 0 Å². The quantitative estimate of drug-likeness (QED) is 0.856. The molecule has 5 heteroatoms. The number of benzene rings is 1. The first-order chi connectivity index (χ1) is 7.70. The Morgan fingerprint density at radius 3 is 2.50 bits per heavy atom. The average molecular weight is 229 g/mol. The van der Waals surface area contributed by atoms with E-state index in [2.05, 4.69) is 5.32 Å². The molecule has 1 unspecified atom stereocenters. The van der Waals surface area contributed by atoms with Crippen LogP contribution in [0.15, 0.2) is 12.1 Å².